The average molecular weight is 318 g/mol. The van der Waals surface area contributed by atoms with Crippen LogP contribution in [0.5, 0.6) is 0 Å². The molecule has 0 atom stereocenters. The van der Waals surface area contributed by atoms with Gasteiger partial charge in [-0.25, -0.2) is 9.59 Å². The van der Waals surface area contributed by atoms with E-state index < -0.39 is 23.1 Å². The lowest BCUT2D eigenvalue weighted by atomic mass is 10.0. The summed E-state index contributed by atoms with van der Waals surface area (Å²) in [5.74, 6) is -0.926. The third-order valence-corrected chi connectivity index (χ3v) is 2.65. The largest absolute Gasteiger partial charge is 0.456 e. The number of allylic oxidation sites excluding steroid dienone is 1. The zero-order valence-corrected chi connectivity index (χ0v) is 15.0. The highest BCUT2D eigenvalue weighted by atomic mass is 16.6. The van der Waals surface area contributed by atoms with Gasteiger partial charge in [0.15, 0.2) is 0 Å². The van der Waals surface area contributed by atoms with Gasteiger partial charge in [0.05, 0.1) is 11.1 Å². The fourth-order valence-corrected chi connectivity index (χ4v) is 1.86. The van der Waals surface area contributed by atoms with Crippen molar-refractivity contribution in [2.45, 2.75) is 59.7 Å². The van der Waals surface area contributed by atoms with Crippen LogP contribution >= 0.6 is 0 Å². The minimum atomic E-state index is -0.605. The number of carbonyl (C=O) groups excluding carboxylic acids is 2. The van der Waals surface area contributed by atoms with Gasteiger partial charge in [-0.1, -0.05) is 18.2 Å². The molecule has 0 aliphatic rings. The molecule has 0 N–H and O–H groups in total. The van der Waals surface area contributed by atoms with Crippen LogP contribution in [0.25, 0.3) is 6.08 Å². The van der Waals surface area contributed by atoms with Crippen molar-refractivity contribution < 1.29 is 19.1 Å². The molecule has 0 aliphatic carbocycles. The van der Waals surface area contributed by atoms with E-state index in [1.807, 2.05) is 13.0 Å². The second-order valence-corrected chi connectivity index (χ2v) is 7.31. The lowest BCUT2D eigenvalue weighted by Crippen LogP contribution is -2.25. The maximum absolute atomic E-state index is 12.4. The topological polar surface area (TPSA) is 52.6 Å². The summed E-state index contributed by atoms with van der Waals surface area (Å²) in [6, 6.07) is 4.90. The molecule has 1 aromatic rings. The van der Waals surface area contributed by atoms with E-state index in [9.17, 15) is 9.59 Å². The van der Waals surface area contributed by atoms with Crippen LogP contribution in [0.2, 0.25) is 0 Å². The van der Waals surface area contributed by atoms with Crippen LogP contribution in [0.4, 0.5) is 0 Å². The van der Waals surface area contributed by atoms with Crippen LogP contribution in [-0.2, 0) is 9.47 Å². The van der Waals surface area contributed by atoms with Crippen LogP contribution in [0.3, 0.4) is 0 Å². The van der Waals surface area contributed by atoms with Gasteiger partial charge in [-0.05, 0) is 66.2 Å². The predicted octanol–water partition coefficient (Wildman–Crippen LogP) is 4.63. The number of hydrogen-bond donors (Lipinski definition) is 0. The molecule has 0 saturated heterocycles. The smallest absolute Gasteiger partial charge is 0.339 e. The summed E-state index contributed by atoms with van der Waals surface area (Å²) in [7, 11) is 0. The minimum Gasteiger partial charge on any atom is -0.456 e. The van der Waals surface area contributed by atoms with Gasteiger partial charge in [0, 0.05) is 0 Å². The zero-order chi connectivity index (χ0) is 17.8. The molecule has 4 heteroatoms. The third-order valence-electron chi connectivity index (χ3n) is 2.65. The molecule has 0 saturated carbocycles. The molecule has 126 valence electrons. The second kappa shape index (κ2) is 6.99. The van der Waals surface area contributed by atoms with E-state index >= 15 is 0 Å². The quantitative estimate of drug-likeness (QED) is 0.762. The van der Waals surface area contributed by atoms with Crippen LogP contribution in [0, 0.1) is 0 Å². The van der Waals surface area contributed by atoms with Crippen molar-refractivity contribution in [3.8, 4) is 0 Å². The van der Waals surface area contributed by atoms with Crippen molar-refractivity contribution >= 4 is 18.0 Å². The van der Waals surface area contributed by atoms with Crippen molar-refractivity contribution in [3.63, 3.8) is 0 Å². The number of hydrogen-bond acceptors (Lipinski definition) is 4. The molecule has 0 spiro atoms. The standard InChI is InChI=1S/C19H26O4/c1-8-9-13-10-11-14(16(20)22-18(2,3)4)12-15(13)17(21)23-19(5,6)7/h8-12H,1-7H3/b9-8-. The van der Waals surface area contributed by atoms with E-state index in [0.717, 1.165) is 0 Å². The molecule has 0 amide bonds. The molecule has 1 rings (SSSR count). The first kappa shape index (κ1) is 18.9. The van der Waals surface area contributed by atoms with Gasteiger partial charge in [-0.2, -0.15) is 0 Å². The number of ether oxygens (including phenoxy) is 2. The molecular formula is C19H26O4. The number of carbonyl (C=O) groups is 2. The Bertz CT molecular complexity index is 613. The van der Waals surface area contributed by atoms with Crippen molar-refractivity contribution in [2.75, 3.05) is 0 Å². The average Bonchev–Trinajstić information content (AvgIpc) is 2.35. The molecule has 0 unspecified atom stereocenters. The Morgan fingerprint density at radius 3 is 1.91 bits per heavy atom. The Kier molecular flexibility index (Phi) is 5.75. The summed E-state index contributed by atoms with van der Waals surface area (Å²) in [5.41, 5.74) is 0.182. The van der Waals surface area contributed by atoms with E-state index in [-0.39, 0.29) is 0 Å². The summed E-state index contributed by atoms with van der Waals surface area (Å²) in [5, 5.41) is 0. The number of esters is 2. The van der Waals surface area contributed by atoms with Crippen LogP contribution in [0.15, 0.2) is 24.3 Å². The molecule has 0 aromatic heterocycles. The van der Waals surface area contributed by atoms with Crippen LogP contribution in [-0.4, -0.2) is 23.1 Å². The molecule has 0 aliphatic heterocycles. The lowest BCUT2D eigenvalue weighted by Gasteiger charge is -2.21. The van der Waals surface area contributed by atoms with E-state index in [0.29, 0.717) is 16.7 Å². The Balaban J connectivity index is 3.22. The van der Waals surface area contributed by atoms with Crippen molar-refractivity contribution in [3.05, 3.63) is 41.0 Å². The first-order chi connectivity index (χ1) is 10.4. The van der Waals surface area contributed by atoms with E-state index in [1.54, 1.807) is 59.8 Å². The molecule has 1 aromatic carbocycles. The van der Waals surface area contributed by atoms with Crippen molar-refractivity contribution in [1.82, 2.24) is 0 Å². The number of rotatable bonds is 3. The molecule has 0 bridgehead atoms. The van der Waals surface area contributed by atoms with Gasteiger partial charge in [-0.15, -0.1) is 0 Å². The maximum atomic E-state index is 12.4. The summed E-state index contributed by atoms with van der Waals surface area (Å²) < 4.78 is 10.8. The third kappa shape index (κ3) is 6.27. The molecule has 0 radical (unpaired) electrons. The van der Waals surface area contributed by atoms with E-state index in [4.69, 9.17) is 9.47 Å². The van der Waals surface area contributed by atoms with Crippen molar-refractivity contribution in [1.29, 1.82) is 0 Å². The molecule has 0 fully saturated rings. The normalized spacial score (nSPS) is 12.3. The Labute approximate surface area is 138 Å². The van der Waals surface area contributed by atoms with Gasteiger partial charge in [0.1, 0.15) is 11.2 Å². The molecule has 0 heterocycles. The molecule has 4 nitrogen and oxygen atoms in total. The van der Waals surface area contributed by atoms with Gasteiger partial charge < -0.3 is 9.47 Å². The molecule has 23 heavy (non-hydrogen) atoms. The van der Waals surface area contributed by atoms with E-state index in [2.05, 4.69) is 0 Å². The van der Waals surface area contributed by atoms with Crippen molar-refractivity contribution in [2.24, 2.45) is 0 Å². The summed E-state index contributed by atoms with van der Waals surface area (Å²) in [6.07, 6.45) is 3.63. The van der Waals surface area contributed by atoms with Gasteiger partial charge in [0.2, 0.25) is 0 Å². The van der Waals surface area contributed by atoms with Crippen LogP contribution < -0.4 is 0 Å². The van der Waals surface area contributed by atoms with Gasteiger partial charge in [0.25, 0.3) is 0 Å². The predicted molar refractivity (Wildman–Crippen MR) is 91.5 cm³/mol. The Morgan fingerprint density at radius 1 is 0.913 bits per heavy atom. The van der Waals surface area contributed by atoms with Gasteiger partial charge in [-0.3, -0.25) is 0 Å². The first-order valence-corrected chi connectivity index (χ1v) is 7.66. The highest BCUT2D eigenvalue weighted by molar-refractivity contribution is 5.98. The highest BCUT2D eigenvalue weighted by Gasteiger charge is 2.23. The van der Waals surface area contributed by atoms with Crippen LogP contribution in [0.1, 0.15) is 74.7 Å². The monoisotopic (exact) mass is 318 g/mol. The summed E-state index contributed by atoms with van der Waals surface area (Å²) in [6.45, 7) is 12.7. The molecular weight excluding hydrogens is 292 g/mol. The SMILES string of the molecule is C/C=C\c1ccc(C(=O)OC(C)(C)C)cc1C(=O)OC(C)(C)C. The Morgan fingerprint density at radius 2 is 1.43 bits per heavy atom. The van der Waals surface area contributed by atoms with Gasteiger partial charge >= 0.3 is 11.9 Å². The summed E-state index contributed by atoms with van der Waals surface area (Å²) in [4.78, 5) is 24.6. The first-order valence-electron chi connectivity index (χ1n) is 7.66. The maximum Gasteiger partial charge on any atom is 0.339 e. The fourth-order valence-electron chi connectivity index (χ4n) is 1.86. The zero-order valence-electron chi connectivity index (χ0n) is 15.0. The van der Waals surface area contributed by atoms with E-state index in [1.165, 1.54) is 6.07 Å². The lowest BCUT2D eigenvalue weighted by molar-refractivity contribution is 0.00675. The second-order valence-electron chi connectivity index (χ2n) is 7.31. The fraction of sp³-hybridized carbons (Fsp3) is 0.474. The minimum absolute atomic E-state index is 0.328. The Hall–Kier alpha value is -2.10. The number of benzene rings is 1. The summed E-state index contributed by atoms with van der Waals surface area (Å²) >= 11 is 0. The highest BCUT2D eigenvalue weighted by Crippen LogP contribution is 2.20.